The number of aryl methyl sites for hydroxylation is 1. The molecule has 1 aromatic heterocycles. The van der Waals surface area contributed by atoms with Crippen molar-refractivity contribution < 1.29 is 18.3 Å². The molecule has 116 valence electrons. The number of carbonyl (C=O) groups is 1. The van der Waals surface area contributed by atoms with Crippen LogP contribution in [0.25, 0.3) is 0 Å². The van der Waals surface area contributed by atoms with Crippen LogP contribution >= 0.6 is 11.6 Å². The standard InChI is InChI=1S/C14H13ClN2O4S/c1-9-6-10(14(18)19)2-3-13(9)22(20,21)17-8-12-7-11(15)4-5-16-12/h2-7,17H,8H2,1H3,(H,18,19). The van der Waals surface area contributed by atoms with Crippen LogP contribution in [0.1, 0.15) is 21.6 Å². The summed E-state index contributed by atoms with van der Waals surface area (Å²) in [7, 11) is -3.77. The van der Waals surface area contributed by atoms with E-state index in [0.29, 0.717) is 16.3 Å². The molecule has 2 rings (SSSR count). The molecule has 0 amide bonds. The summed E-state index contributed by atoms with van der Waals surface area (Å²) in [4.78, 5) is 14.9. The Bertz CT molecular complexity index is 821. The Hall–Kier alpha value is -1.96. The van der Waals surface area contributed by atoms with Gasteiger partial charge in [-0.3, -0.25) is 4.98 Å². The second-order valence-electron chi connectivity index (χ2n) is 4.58. The van der Waals surface area contributed by atoms with Crippen LogP contribution < -0.4 is 4.72 Å². The van der Waals surface area contributed by atoms with Crippen LogP contribution in [-0.2, 0) is 16.6 Å². The summed E-state index contributed by atoms with van der Waals surface area (Å²) in [5, 5.41) is 9.36. The maximum Gasteiger partial charge on any atom is 0.335 e. The van der Waals surface area contributed by atoms with Gasteiger partial charge < -0.3 is 5.11 Å². The van der Waals surface area contributed by atoms with Crippen molar-refractivity contribution in [3.63, 3.8) is 0 Å². The molecule has 0 radical (unpaired) electrons. The van der Waals surface area contributed by atoms with Crippen LogP contribution in [0.3, 0.4) is 0 Å². The van der Waals surface area contributed by atoms with Gasteiger partial charge in [0.2, 0.25) is 10.0 Å². The first-order valence-electron chi connectivity index (χ1n) is 6.23. The Morgan fingerprint density at radius 2 is 2.05 bits per heavy atom. The lowest BCUT2D eigenvalue weighted by Crippen LogP contribution is -2.24. The summed E-state index contributed by atoms with van der Waals surface area (Å²) in [6.45, 7) is 1.53. The highest BCUT2D eigenvalue weighted by atomic mass is 35.5. The summed E-state index contributed by atoms with van der Waals surface area (Å²) in [6, 6.07) is 6.99. The zero-order valence-corrected chi connectivity index (χ0v) is 13.1. The highest BCUT2D eigenvalue weighted by molar-refractivity contribution is 7.89. The van der Waals surface area contributed by atoms with E-state index in [1.807, 2.05) is 0 Å². The monoisotopic (exact) mass is 340 g/mol. The number of hydrogen-bond donors (Lipinski definition) is 2. The maximum absolute atomic E-state index is 12.3. The van der Waals surface area contributed by atoms with E-state index in [4.69, 9.17) is 16.7 Å². The molecule has 0 aliphatic rings. The zero-order chi connectivity index (χ0) is 16.3. The van der Waals surface area contributed by atoms with Gasteiger partial charge in [0.1, 0.15) is 0 Å². The van der Waals surface area contributed by atoms with Crippen LogP contribution in [-0.4, -0.2) is 24.5 Å². The normalized spacial score (nSPS) is 11.4. The average molecular weight is 341 g/mol. The fraction of sp³-hybridized carbons (Fsp3) is 0.143. The number of carboxylic acids is 1. The first-order valence-corrected chi connectivity index (χ1v) is 8.10. The summed E-state index contributed by atoms with van der Waals surface area (Å²) in [5.74, 6) is -1.11. The van der Waals surface area contributed by atoms with E-state index >= 15 is 0 Å². The van der Waals surface area contributed by atoms with E-state index in [1.54, 1.807) is 19.1 Å². The van der Waals surface area contributed by atoms with Crippen molar-refractivity contribution in [2.45, 2.75) is 18.4 Å². The number of pyridine rings is 1. The fourth-order valence-corrected chi connectivity index (χ4v) is 3.28. The molecule has 22 heavy (non-hydrogen) atoms. The quantitative estimate of drug-likeness (QED) is 0.870. The molecular formula is C14H13ClN2O4S. The second-order valence-corrected chi connectivity index (χ2v) is 6.75. The fourth-order valence-electron chi connectivity index (χ4n) is 1.88. The minimum atomic E-state index is -3.77. The first-order chi connectivity index (χ1) is 10.3. The van der Waals surface area contributed by atoms with Gasteiger partial charge in [0.05, 0.1) is 22.7 Å². The number of benzene rings is 1. The lowest BCUT2D eigenvalue weighted by Gasteiger charge is -2.10. The molecule has 6 nitrogen and oxygen atoms in total. The topological polar surface area (TPSA) is 96.4 Å². The van der Waals surface area contributed by atoms with Gasteiger partial charge in [-0.05, 0) is 42.8 Å². The second kappa shape index (κ2) is 6.43. The number of hydrogen-bond acceptors (Lipinski definition) is 4. The maximum atomic E-state index is 12.3. The van der Waals surface area contributed by atoms with E-state index in [0.717, 1.165) is 0 Å². The molecule has 0 saturated carbocycles. The van der Waals surface area contributed by atoms with Crippen molar-refractivity contribution in [2.24, 2.45) is 0 Å². The number of aromatic carboxylic acids is 1. The molecule has 1 heterocycles. The Balaban J connectivity index is 2.22. The predicted octanol–water partition coefficient (Wildman–Crippen LogP) is 2.22. The molecule has 0 unspecified atom stereocenters. The van der Waals surface area contributed by atoms with Gasteiger partial charge >= 0.3 is 5.97 Å². The molecule has 0 atom stereocenters. The number of aromatic nitrogens is 1. The van der Waals surface area contributed by atoms with Gasteiger partial charge in [0.15, 0.2) is 0 Å². The van der Waals surface area contributed by atoms with Crippen LogP contribution in [0.2, 0.25) is 5.02 Å². The van der Waals surface area contributed by atoms with Gasteiger partial charge in [0, 0.05) is 11.2 Å². The van der Waals surface area contributed by atoms with Gasteiger partial charge in [-0.2, -0.15) is 0 Å². The molecule has 8 heteroatoms. The molecule has 2 aromatic rings. The van der Waals surface area contributed by atoms with Crippen molar-refractivity contribution in [1.29, 1.82) is 0 Å². The molecule has 0 spiro atoms. The number of rotatable bonds is 5. The van der Waals surface area contributed by atoms with Crippen molar-refractivity contribution in [2.75, 3.05) is 0 Å². The van der Waals surface area contributed by atoms with Crippen LogP contribution in [0.5, 0.6) is 0 Å². The number of halogens is 1. The highest BCUT2D eigenvalue weighted by Crippen LogP contribution is 2.17. The third kappa shape index (κ3) is 3.82. The SMILES string of the molecule is Cc1cc(C(=O)O)ccc1S(=O)(=O)NCc1cc(Cl)ccn1. The van der Waals surface area contributed by atoms with Crippen molar-refractivity contribution in [3.8, 4) is 0 Å². The molecule has 1 aromatic carbocycles. The molecular weight excluding hydrogens is 328 g/mol. The average Bonchev–Trinajstić information content (AvgIpc) is 2.45. The van der Waals surface area contributed by atoms with Crippen LogP contribution in [0, 0.1) is 6.92 Å². The minimum absolute atomic E-state index is 0.0109. The van der Waals surface area contributed by atoms with Gasteiger partial charge in [-0.15, -0.1) is 0 Å². The molecule has 0 bridgehead atoms. The van der Waals surface area contributed by atoms with Crippen LogP contribution in [0.15, 0.2) is 41.4 Å². The predicted molar refractivity (Wildman–Crippen MR) is 81.4 cm³/mol. The summed E-state index contributed by atoms with van der Waals surface area (Å²) < 4.78 is 27.0. The van der Waals surface area contributed by atoms with Crippen molar-refractivity contribution >= 4 is 27.6 Å². The third-order valence-corrected chi connectivity index (χ3v) is 4.73. The summed E-state index contributed by atoms with van der Waals surface area (Å²) in [6.07, 6.45) is 1.48. The first kappa shape index (κ1) is 16.4. The Labute approximate surface area is 132 Å². The van der Waals surface area contributed by atoms with E-state index in [2.05, 4.69) is 9.71 Å². The number of nitrogens with one attached hydrogen (secondary N) is 1. The molecule has 0 aliphatic heterocycles. The van der Waals surface area contributed by atoms with E-state index in [9.17, 15) is 13.2 Å². The van der Waals surface area contributed by atoms with Crippen LogP contribution in [0.4, 0.5) is 0 Å². The smallest absolute Gasteiger partial charge is 0.335 e. The van der Waals surface area contributed by atoms with Gasteiger partial charge in [0.25, 0.3) is 0 Å². The largest absolute Gasteiger partial charge is 0.478 e. The Morgan fingerprint density at radius 3 is 2.64 bits per heavy atom. The Kier molecular flexibility index (Phi) is 4.80. The molecule has 0 fully saturated rings. The van der Waals surface area contributed by atoms with Gasteiger partial charge in [-0.1, -0.05) is 11.6 Å². The van der Waals surface area contributed by atoms with E-state index < -0.39 is 16.0 Å². The van der Waals surface area contributed by atoms with Crippen molar-refractivity contribution in [3.05, 3.63) is 58.4 Å². The summed E-state index contributed by atoms with van der Waals surface area (Å²) in [5.41, 5.74) is 0.871. The van der Waals surface area contributed by atoms with Crippen molar-refractivity contribution in [1.82, 2.24) is 9.71 Å². The number of sulfonamides is 1. The molecule has 0 aliphatic carbocycles. The molecule has 0 saturated heterocycles. The highest BCUT2D eigenvalue weighted by Gasteiger charge is 2.18. The molecule has 2 N–H and O–H groups in total. The minimum Gasteiger partial charge on any atom is -0.478 e. The lowest BCUT2D eigenvalue weighted by molar-refractivity contribution is 0.0696. The third-order valence-electron chi connectivity index (χ3n) is 2.93. The number of carboxylic acid groups (broad SMARTS) is 1. The summed E-state index contributed by atoms with van der Waals surface area (Å²) >= 11 is 5.81. The van der Waals surface area contributed by atoms with E-state index in [-0.39, 0.29) is 17.0 Å². The van der Waals surface area contributed by atoms with Gasteiger partial charge in [-0.25, -0.2) is 17.9 Å². The number of nitrogens with zero attached hydrogens (tertiary/aromatic N) is 1. The zero-order valence-electron chi connectivity index (χ0n) is 11.6. The lowest BCUT2D eigenvalue weighted by atomic mass is 10.1. The van der Waals surface area contributed by atoms with E-state index in [1.165, 1.54) is 24.4 Å². The Morgan fingerprint density at radius 1 is 1.32 bits per heavy atom.